The summed E-state index contributed by atoms with van der Waals surface area (Å²) in [5, 5.41) is 10.2. The fourth-order valence-corrected chi connectivity index (χ4v) is 2.24. The Morgan fingerprint density at radius 2 is 1.88 bits per heavy atom. The molecule has 88 valence electrons. The number of rotatable bonds is 1. The molecule has 0 unspecified atom stereocenters. The number of pyridine rings is 1. The first-order valence-electron chi connectivity index (χ1n) is 5.17. The maximum Gasteiger partial charge on any atom is 0.416 e. The van der Waals surface area contributed by atoms with Crippen molar-refractivity contribution in [1.82, 2.24) is 4.98 Å². The molecule has 1 N–H and O–H groups in total. The van der Waals surface area contributed by atoms with E-state index < -0.39 is 17.3 Å². The van der Waals surface area contributed by atoms with Gasteiger partial charge in [-0.15, -0.1) is 0 Å². The molecule has 2 nitrogen and oxygen atoms in total. The highest BCUT2D eigenvalue weighted by atomic mass is 19.4. The highest BCUT2D eigenvalue weighted by Gasteiger charge is 2.42. The Balaban J connectivity index is 2.48. The van der Waals surface area contributed by atoms with Crippen LogP contribution in [0.15, 0.2) is 18.5 Å². The van der Waals surface area contributed by atoms with Gasteiger partial charge in [0.2, 0.25) is 0 Å². The molecule has 1 aliphatic carbocycles. The summed E-state index contributed by atoms with van der Waals surface area (Å²) in [5.74, 6) is 0. The summed E-state index contributed by atoms with van der Waals surface area (Å²) in [5.41, 5.74) is -2.20. The van der Waals surface area contributed by atoms with E-state index in [-0.39, 0.29) is 5.56 Å². The summed E-state index contributed by atoms with van der Waals surface area (Å²) in [6, 6.07) is 0.922. The van der Waals surface area contributed by atoms with Gasteiger partial charge in [-0.1, -0.05) is 12.8 Å². The second kappa shape index (κ2) is 3.73. The van der Waals surface area contributed by atoms with Crippen LogP contribution in [0, 0.1) is 0 Å². The van der Waals surface area contributed by atoms with E-state index in [0.29, 0.717) is 12.8 Å². The number of hydrogen-bond donors (Lipinski definition) is 1. The van der Waals surface area contributed by atoms with Crippen molar-refractivity contribution in [1.29, 1.82) is 0 Å². The number of halogens is 3. The highest BCUT2D eigenvalue weighted by molar-refractivity contribution is 5.32. The normalized spacial score (nSPS) is 20.0. The van der Waals surface area contributed by atoms with Gasteiger partial charge in [-0.2, -0.15) is 13.2 Å². The molecule has 5 heteroatoms. The van der Waals surface area contributed by atoms with E-state index >= 15 is 0 Å². The van der Waals surface area contributed by atoms with Crippen LogP contribution in [0.3, 0.4) is 0 Å². The molecule has 0 atom stereocenters. The van der Waals surface area contributed by atoms with Gasteiger partial charge in [0.05, 0.1) is 11.2 Å². The molecule has 0 spiro atoms. The number of hydrogen-bond acceptors (Lipinski definition) is 2. The summed E-state index contributed by atoms with van der Waals surface area (Å²) in [6.07, 6.45) is 0.0598. The molecule has 1 heterocycles. The fraction of sp³-hybridized carbons (Fsp3) is 0.545. The smallest absolute Gasteiger partial charge is 0.385 e. The van der Waals surface area contributed by atoms with E-state index in [1.165, 1.54) is 0 Å². The Morgan fingerprint density at radius 1 is 1.25 bits per heavy atom. The van der Waals surface area contributed by atoms with Crippen LogP contribution in [0.5, 0.6) is 0 Å². The maximum absolute atomic E-state index is 12.7. The molecule has 1 saturated carbocycles. The number of alkyl halides is 3. The van der Waals surface area contributed by atoms with Gasteiger partial charge >= 0.3 is 6.18 Å². The molecular formula is C11H12F3NO. The third-order valence-corrected chi connectivity index (χ3v) is 3.06. The Hall–Kier alpha value is -1.10. The molecule has 1 aliphatic rings. The first-order valence-corrected chi connectivity index (χ1v) is 5.17. The van der Waals surface area contributed by atoms with Crippen LogP contribution in [0.1, 0.15) is 36.8 Å². The summed E-state index contributed by atoms with van der Waals surface area (Å²) in [7, 11) is 0. The lowest BCUT2D eigenvalue weighted by Gasteiger charge is -2.25. The molecule has 1 aromatic rings. The molecule has 16 heavy (non-hydrogen) atoms. The number of aliphatic hydroxyl groups is 1. The molecular weight excluding hydrogens is 219 g/mol. The minimum atomic E-state index is -4.43. The lowest BCUT2D eigenvalue weighted by atomic mass is 9.90. The molecule has 0 saturated heterocycles. The van der Waals surface area contributed by atoms with Crippen molar-refractivity contribution in [2.45, 2.75) is 37.5 Å². The van der Waals surface area contributed by atoms with Gasteiger partial charge in [-0.05, 0) is 18.9 Å². The van der Waals surface area contributed by atoms with E-state index in [0.717, 1.165) is 31.3 Å². The number of nitrogens with zero attached hydrogens (tertiary/aromatic N) is 1. The van der Waals surface area contributed by atoms with Gasteiger partial charge in [-0.25, -0.2) is 0 Å². The van der Waals surface area contributed by atoms with Gasteiger partial charge in [-0.3, -0.25) is 4.98 Å². The van der Waals surface area contributed by atoms with E-state index in [9.17, 15) is 18.3 Å². The molecule has 2 rings (SSSR count). The van der Waals surface area contributed by atoms with Gasteiger partial charge in [0.15, 0.2) is 0 Å². The van der Waals surface area contributed by atoms with E-state index in [1.54, 1.807) is 0 Å². The Bertz CT molecular complexity index is 383. The third-order valence-electron chi connectivity index (χ3n) is 3.06. The monoisotopic (exact) mass is 231 g/mol. The lowest BCUT2D eigenvalue weighted by molar-refractivity contribution is -0.140. The summed E-state index contributed by atoms with van der Waals surface area (Å²) in [6.45, 7) is 0. The van der Waals surface area contributed by atoms with Crippen molar-refractivity contribution in [3.8, 4) is 0 Å². The second-order valence-electron chi connectivity index (χ2n) is 4.16. The first kappa shape index (κ1) is 11.4. The molecule has 0 amide bonds. The van der Waals surface area contributed by atoms with Gasteiger partial charge in [0, 0.05) is 18.0 Å². The van der Waals surface area contributed by atoms with Crippen LogP contribution >= 0.6 is 0 Å². The molecule has 0 bridgehead atoms. The average Bonchev–Trinajstić information content (AvgIpc) is 2.65. The largest absolute Gasteiger partial charge is 0.416 e. The van der Waals surface area contributed by atoms with Crippen LogP contribution < -0.4 is 0 Å². The zero-order valence-electron chi connectivity index (χ0n) is 8.59. The fourth-order valence-electron chi connectivity index (χ4n) is 2.24. The van der Waals surface area contributed by atoms with E-state index in [2.05, 4.69) is 4.98 Å². The number of aromatic nitrogens is 1. The predicted octanol–water partition coefficient (Wildman–Crippen LogP) is 2.86. The summed E-state index contributed by atoms with van der Waals surface area (Å²) < 4.78 is 38.2. The van der Waals surface area contributed by atoms with Crippen molar-refractivity contribution in [3.63, 3.8) is 0 Å². The van der Waals surface area contributed by atoms with E-state index in [1.807, 2.05) is 0 Å². The molecule has 0 aromatic carbocycles. The molecule has 1 aromatic heterocycles. The predicted molar refractivity (Wildman–Crippen MR) is 51.6 cm³/mol. The van der Waals surface area contributed by atoms with Crippen LogP contribution in [0.25, 0.3) is 0 Å². The van der Waals surface area contributed by atoms with Crippen molar-refractivity contribution < 1.29 is 18.3 Å². The van der Waals surface area contributed by atoms with Crippen LogP contribution in [-0.4, -0.2) is 10.1 Å². The Morgan fingerprint density at radius 3 is 2.44 bits per heavy atom. The van der Waals surface area contributed by atoms with Gasteiger partial charge in [0.1, 0.15) is 0 Å². The average molecular weight is 231 g/mol. The Labute approximate surface area is 91.1 Å². The zero-order chi connectivity index (χ0) is 11.8. The SMILES string of the molecule is OC1(c2cnccc2C(F)(F)F)CCCC1. The quantitative estimate of drug-likeness (QED) is 0.806. The topological polar surface area (TPSA) is 33.1 Å². The van der Waals surface area contributed by atoms with Crippen molar-refractivity contribution >= 4 is 0 Å². The third kappa shape index (κ3) is 1.91. The van der Waals surface area contributed by atoms with Gasteiger partial charge in [0.25, 0.3) is 0 Å². The standard InChI is InChI=1S/C11H12F3NO/c12-11(13,14)8-3-6-15-7-9(8)10(16)4-1-2-5-10/h3,6-7,16H,1-2,4-5H2. The summed E-state index contributed by atoms with van der Waals surface area (Å²) in [4.78, 5) is 3.69. The van der Waals surface area contributed by atoms with Crippen LogP contribution in [-0.2, 0) is 11.8 Å². The molecule has 0 aliphatic heterocycles. The van der Waals surface area contributed by atoms with Crippen molar-refractivity contribution in [2.75, 3.05) is 0 Å². The van der Waals surface area contributed by atoms with Crippen molar-refractivity contribution in [2.24, 2.45) is 0 Å². The molecule has 0 radical (unpaired) electrons. The summed E-state index contributed by atoms with van der Waals surface area (Å²) >= 11 is 0. The first-order chi connectivity index (χ1) is 7.43. The van der Waals surface area contributed by atoms with Gasteiger partial charge < -0.3 is 5.11 Å². The lowest BCUT2D eigenvalue weighted by Crippen LogP contribution is -2.25. The minimum absolute atomic E-state index is 0.0833. The zero-order valence-corrected chi connectivity index (χ0v) is 8.59. The Kier molecular flexibility index (Phi) is 2.66. The highest BCUT2D eigenvalue weighted by Crippen LogP contribution is 2.43. The maximum atomic E-state index is 12.7. The second-order valence-corrected chi connectivity index (χ2v) is 4.16. The minimum Gasteiger partial charge on any atom is -0.385 e. The van der Waals surface area contributed by atoms with E-state index in [4.69, 9.17) is 0 Å². The van der Waals surface area contributed by atoms with Crippen LogP contribution in [0.4, 0.5) is 13.2 Å². The molecule has 1 fully saturated rings. The van der Waals surface area contributed by atoms with Crippen molar-refractivity contribution in [3.05, 3.63) is 29.6 Å². The van der Waals surface area contributed by atoms with Crippen LogP contribution in [0.2, 0.25) is 0 Å².